The van der Waals surface area contributed by atoms with Crippen molar-refractivity contribution in [2.75, 3.05) is 0 Å². The van der Waals surface area contributed by atoms with Gasteiger partial charge in [0, 0.05) is 0 Å². The van der Waals surface area contributed by atoms with Crippen molar-refractivity contribution in [2.24, 2.45) is 11.7 Å². The van der Waals surface area contributed by atoms with Gasteiger partial charge in [-0.25, -0.2) is 0 Å². The van der Waals surface area contributed by atoms with Gasteiger partial charge in [-0.3, -0.25) is 9.36 Å². The summed E-state index contributed by atoms with van der Waals surface area (Å²) < 4.78 is 10.7. The van der Waals surface area contributed by atoms with Crippen LogP contribution in [-0.2, 0) is 9.36 Å². The molecule has 0 radical (unpaired) electrons. The normalized spacial score (nSPS) is 16.5. The minimum absolute atomic E-state index is 0.0704. The lowest BCUT2D eigenvalue weighted by Crippen LogP contribution is -2.46. The fourth-order valence-electron chi connectivity index (χ4n) is 0.689. The van der Waals surface area contributed by atoms with Crippen molar-refractivity contribution in [2.45, 2.75) is 32.6 Å². The van der Waals surface area contributed by atoms with Gasteiger partial charge in [-0.05, 0) is 12.8 Å². The fraction of sp³-hybridized carbons (Fsp3) is 0.857. The first-order valence-corrected chi connectivity index (χ1v) is 5.95. The van der Waals surface area contributed by atoms with Crippen molar-refractivity contribution in [3.8, 4) is 0 Å². The zero-order valence-electron chi connectivity index (χ0n) is 8.47. The lowest BCUT2D eigenvalue weighted by molar-refractivity contribution is -0.123. The van der Waals surface area contributed by atoms with E-state index in [2.05, 4.69) is 5.32 Å². The largest absolute Gasteiger partial charge is 0.347 e. The summed E-state index contributed by atoms with van der Waals surface area (Å²) in [5.74, 6) is -1.81. The van der Waals surface area contributed by atoms with Crippen LogP contribution in [0.3, 0.4) is 0 Å². The molecule has 6 nitrogen and oxygen atoms in total. The average molecular weight is 224 g/mol. The maximum absolute atomic E-state index is 11.3. The Morgan fingerprint density at radius 1 is 1.36 bits per heavy atom. The van der Waals surface area contributed by atoms with Crippen LogP contribution in [0.2, 0.25) is 0 Å². The van der Waals surface area contributed by atoms with Crippen molar-refractivity contribution in [3.05, 3.63) is 0 Å². The Morgan fingerprint density at radius 3 is 2.07 bits per heavy atom. The Morgan fingerprint density at radius 2 is 1.79 bits per heavy atom. The molecule has 0 bridgehead atoms. The molecule has 14 heavy (non-hydrogen) atoms. The van der Waals surface area contributed by atoms with Crippen LogP contribution in [0.5, 0.6) is 0 Å². The van der Waals surface area contributed by atoms with Gasteiger partial charge in [0.2, 0.25) is 5.91 Å². The van der Waals surface area contributed by atoms with Crippen LogP contribution in [0.25, 0.3) is 0 Å². The molecule has 5 N–H and O–H groups in total. The molecule has 0 heterocycles. The summed E-state index contributed by atoms with van der Waals surface area (Å²) in [4.78, 5) is 28.7. The van der Waals surface area contributed by atoms with E-state index in [-0.39, 0.29) is 5.92 Å². The maximum atomic E-state index is 11.3. The summed E-state index contributed by atoms with van der Waals surface area (Å²) in [6.45, 7) is 4.75. The van der Waals surface area contributed by atoms with E-state index in [1.165, 1.54) is 6.92 Å². The highest BCUT2D eigenvalue weighted by molar-refractivity contribution is 7.52. The average Bonchev–Trinajstić information content (AvgIpc) is 2.00. The van der Waals surface area contributed by atoms with E-state index < -0.39 is 25.3 Å². The molecule has 0 aliphatic heterocycles. The fourth-order valence-corrected chi connectivity index (χ4v) is 0.984. The second-order valence-electron chi connectivity index (χ2n) is 3.54. The predicted octanol–water partition coefficient (Wildman–Crippen LogP) is -0.390. The van der Waals surface area contributed by atoms with E-state index >= 15 is 0 Å². The van der Waals surface area contributed by atoms with Gasteiger partial charge in [-0.1, -0.05) is 13.8 Å². The summed E-state index contributed by atoms with van der Waals surface area (Å²) in [7, 11) is -4.27. The monoisotopic (exact) mass is 224 g/mol. The van der Waals surface area contributed by atoms with Crippen molar-refractivity contribution >= 4 is 13.5 Å². The quantitative estimate of drug-likeness (QED) is 0.486. The predicted molar refractivity (Wildman–Crippen MR) is 52.5 cm³/mol. The van der Waals surface area contributed by atoms with E-state index in [1.807, 2.05) is 0 Å². The van der Waals surface area contributed by atoms with E-state index in [9.17, 15) is 9.36 Å². The van der Waals surface area contributed by atoms with Crippen molar-refractivity contribution in [3.63, 3.8) is 0 Å². The van der Waals surface area contributed by atoms with E-state index in [0.29, 0.717) is 0 Å². The highest BCUT2D eigenvalue weighted by atomic mass is 31.2. The van der Waals surface area contributed by atoms with Crippen LogP contribution in [0.15, 0.2) is 0 Å². The van der Waals surface area contributed by atoms with Crippen LogP contribution in [-0.4, -0.2) is 27.5 Å². The van der Waals surface area contributed by atoms with Crippen molar-refractivity contribution < 1.29 is 19.1 Å². The first-order valence-electron chi connectivity index (χ1n) is 4.27. The zero-order valence-corrected chi connectivity index (χ0v) is 9.36. The molecule has 84 valence electrons. The summed E-state index contributed by atoms with van der Waals surface area (Å²) in [5, 5.41) is 2.17. The molecule has 1 amide bonds. The lowest BCUT2D eigenvalue weighted by atomic mass is 10.1. The smallest absolute Gasteiger partial charge is 0.341 e. The Kier molecular flexibility index (Phi) is 4.74. The van der Waals surface area contributed by atoms with Gasteiger partial charge in [0.1, 0.15) is 5.78 Å². The van der Waals surface area contributed by atoms with Crippen LogP contribution in [0.4, 0.5) is 0 Å². The third-order valence-electron chi connectivity index (χ3n) is 1.88. The number of carbonyl (C=O) groups excluding carboxylic acids is 1. The zero-order chi connectivity index (χ0) is 11.5. The molecular formula is C7H17N2O4P. The van der Waals surface area contributed by atoms with Gasteiger partial charge in [-0.15, -0.1) is 0 Å². The number of amides is 1. The molecular weight excluding hydrogens is 207 g/mol. The molecule has 7 heteroatoms. The van der Waals surface area contributed by atoms with Gasteiger partial charge in [-0.2, -0.15) is 0 Å². The molecule has 0 aromatic rings. The third-order valence-corrected chi connectivity index (χ3v) is 3.01. The number of nitrogens with two attached hydrogens (primary N) is 1. The second-order valence-corrected chi connectivity index (χ2v) is 5.50. The van der Waals surface area contributed by atoms with Crippen LogP contribution in [0, 0.1) is 5.92 Å². The van der Waals surface area contributed by atoms with Gasteiger partial charge in [0.15, 0.2) is 0 Å². The minimum Gasteiger partial charge on any atom is -0.341 e. The van der Waals surface area contributed by atoms with E-state index in [4.69, 9.17) is 15.5 Å². The van der Waals surface area contributed by atoms with Gasteiger partial charge in [0.25, 0.3) is 0 Å². The van der Waals surface area contributed by atoms with E-state index in [1.54, 1.807) is 13.8 Å². The molecule has 0 rings (SSSR count). The highest BCUT2D eigenvalue weighted by Gasteiger charge is 2.28. The Labute approximate surface area is 83.0 Å². The highest BCUT2D eigenvalue weighted by Crippen LogP contribution is 2.39. The molecule has 0 aliphatic rings. The molecule has 0 saturated carbocycles. The Bertz CT molecular complexity index is 250. The van der Waals surface area contributed by atoms with Crippen LogP contribution in [0.1, 0.15) is 20.8 Å². The Balaban J connectivity index is 4.27. The van der Waals surface area contributed by atoms with Gasteiger partial charge >= 0.3 is 7.60 Å². The first-order chi connectivity index (χ1) is 6.16. The number of rotatable bonds is 4. The van der Waals surface area contributed by atoms with Crippen molar-refractivity contribution in [1.82, 2.24) is 5.32 Å². The standard InChI is InChI=1S/C7H17N2O4P/c1-4(2)6(8)7(10)9-5(3)14(11,12)13/h4-6H,8H2,1-3H3,(H,9,10)(H2,11,12,13)/t5-,6+/m1/s1. The molecule has 0 aromatic heterocycles. The van der Waals surface area contributed by atoms with E-state index in [0.717, 1.165) is 0 Å². The molecule has 0 unspecified atom stereocenters. The molecule has 0 saturated heterocycles. The lowest BCUT2D eigenvalue weighted by Gasteiger charge is -2.20. The summed E-state index contributed by atoms with van der Waals surface area (Å²) in [5.41, 5.74) is 5.49. The number of carbonyl (C=O) groups is 1. The SMILES string of the molecule is CC(C)[C@H](N)C(=O)N[C@@H](C)P(=O)(O)O. The van der Waals surface area contributed by atoms with Crippen LogP contribution < -0.4 is 11.1 Å². The topological polar surface area (TPSA) is 113 Å². The summed E-state index contributed by atoms with van der Waals surface area (Å²) in [6.07, 6.45) is 0. The van der Waals surface area contributed by atoms with Gasteiger partial charge in [0.05, 0.1) is 6.04 Å². The third kappa shape index (κ3) is 4.19. The summed E-state index contributed by atoms with van der Waals surface area (Å²) in [6, 6.07) is -0.746. The first kappa shape index (κ1) is 13.6. The van der Waals surface area contributed by atoms with Gasteiger partial charge < -0.3 is 20.8 Å². The number of nitrogens with one attached hydrogen (secondary N) is 1. The number of hydrogen-bond donors (Lipinski definition) is 4. The maximum Gasteiger partial charge on any atom is 0.347 e. The summed E-state index contributed by atoms with van der Waals surface area (Å²) >= 11 is 0. The molecule has 0 fully saturated rings. The second kappa shape index (κ2) is 4.89. The molecule has 2 atom stereocenters. The Hall–Kier alpha value is -0.420. The molecule has 0 spiro atoms. The molecule has 0 aliphatic carbocycles. The molecule has 0 aromatic carbocycles. The number of hydrogen-bond acceptors (Lipinski definition) is 3. The van der Waals surface area contributed by atoms with Crippen molar-refractivity contribution in [1.29, 1.82) is 0 Å². The minimum atomic E-state index is -4.27. The van der Waals surface area contributed by atoms with Crippen LogP contribution >= 0.6 is 7.60 Å².